The van der Waals surface area contributed by atoms with Crippen molar-refractivity contribution in [1.82, 2.24) is 15.5 Å². The van der Waals surface area contributed by atoms with Gasteiger partial charge in [-0.2, -0.15) is 0 Å². The number of benzene rings is 1. The first-order valence-electron chi connectivity index (χ1n) is 9.85. The molecule has 2 rings (SSSR count). The summed E-state index contributed by atoms with van der Waals surface area (Å²) in [6, 6.07) is 6.51. The highest BCUT2D eigenvalue weighted by Crippen LogP contribution is 2.24. The molecule has 0 spiro atoms. The maximum atomic E-state index is 12.2. The van der Waals surface area contributed by atoms with Gasteiger partial charge in [-0.25, -0.2) is 0 Å². The molecule has 0 atom stereocenters. The molecule has 1 saturated heterocycles. The lowest BCUT2D eigenvalue weighted by Gasteiger charge is -2.39. The first-order chi connectivity index (χ1) is 12.8. The van der Waals surface area contributed by atoms with E-state index in [2.05, 4.69) is 57.5 Å². The summed E-state index contributed by atoms with van der Waals surface area (Å²) in [6.07, 6.45) is 0. The van der Waals surface area contributed by atoms with Gasteiger partial charge >= 0.3 is 0 Å². The Morgan fingerprint density at radius 2 is 1.81 bits per heavy atom. The van der Waals surface area contributed by atoms with Gasteiger partial charge in [0.05, 0.1) is 5.41 Å². The number of hydrogen-bond donors (Lipinski definition) is 2. The minimum absolute atomic E-state index is 0.0627. The monoisotopic (exact) mass is 373 g/mol. The lowest BCUT2D eigenvalue weighted by atomic mass is 9.92. The minimum atomic E-state index is -0.480. The average Bonchev–Trinajstić information content (AvgIpc) is 2.65. The van der Waals surface area contributed by atoms with Crippen LogP contribution in [0, 0.1) is 19.3 Å². The number of carbonyl (C=O) groups excluding carboxylic acids is 1. The van der Waals surface area contributed by atoms with Crippen LogP contribution in [0.2, 0.25) is 0 Å². The summed E-state index contributed by atoms with van der Waals surface area (Å²) < 4.78 is 0. The summed E-state index contributed by atoms with van der Waals surface area (Å²) in [6.45, 7) is 15.2. The Balaban J connectivity index is 1.93. The van der Waals surface area contributed by atoms with Crippen molar-refractivity contribution in [3.05, 3.63) is 29.3 Å². The first-order valence-corrected chi connectivity index (χ1v) is 9.85. The summed E-state index contributed by atoms with van der Waals surface area (Å²) >= 11 is 0. The maximum Gasteiger partial charge on any atom is 0.227 e. The maximum absolute atomic E-state index is 12.2. The fourth-order valence-corrected chi connectivity index (χ4v) is 3.35. The SMILES string of the molecule is CCNC(=O)C(C)(C)CNC(=NC)N1CCN(c2cccc(C)c2C)CC1. The number of rotatable bonds is 5. The van der Waals surface area contributed by atoms with Gasteiger partial charge in [0, 0.05) is 52.0 Å². The topological polar surface area (TPSA) is 60.0 Å². The highest BCUT2D eigenvalue weighted by atomic mass is 16.2. The second-order valence-corrected chi connectivity index (χ2v) is 7.84. The molecule has 6 nitrogen and oxygen atoms in total. The molecule has 0 radical (unpaired) electrons. The number of aryl methyl sites for hydroxylation is 1. The quantitative estimate of drug-likeness (QED) is 0.613. The van der Waals surface area contributed by atoms with Crippen molar-refractivity contribution in [2.45, 2.75) is 34.6 Å². The second-order valence-electron chi connectivity index (χ2n) is 7.84. The molecule has 1 amide bonds. The van der Waals surface area contributed by atoms with Gasteiger partial charge in [0.25, 0.3) is 0 Å². The average molecular weight is 374 g/mol. The Morgan fingerprint density at radius 3 is 2.41 bits per heavy atom. The van der Waals surface area contributed by atoms with Gasteiger partial charge in [-0.3, -0.25) is 9.79 Å². The molecule has 6 heteroatoms. The highest BCUT2D eigenvalue weighted by Gasteiger charge is 2.28. The number of nitrogens with one attached hydrogen (secondary N) is 2. The van der Waals surface area contributed by atoms with Gasteiger partial charge in [-0.1, -0.05) is 12.1 Å². The van der Waals surface area contributed by atoms with E-state index < -0.39 is 5.41 Å². The van der Waals surface area contributed by atoms with Crippen molar-refractivity contribution in [2.75, 3.05) is 51.2 Å². The number of nitrogens with zero attached hydrogens (tertiary/aromatic N) is 3. The van der Waals surface area contributed by atoms with Crippen LogP contribution in [0.15, 0.2) is 23.2 Å². The zero-order valence-electron chi connectivity index (χ0n) is 17.7. The standard InChI is InChI=1S/C21H35N5O/c1-7-23-19(27)21(4,5)15-24-20(22-6)26-13-11-25(12-14-26)18-10-8-9-16(2)17(18)3/h8-10H,7,11-15H2,1-6H3,(H,22,24)(H,23,27). The number of piperazine rings is 1. The summed E-state index contributed by atoms with van der Waals surface area (Å²) in [5.74, 6) is 0.931. The molecule has 1 aromatic carbocycles. The van der Waals surface area contributed by atoms with Crippen LogP contribution in [-0.4, -0.2) is 63.1 Å². The van der Waals surface area contributed by atoms with Gasteiger partial charge in [-0.15, -0.1) is 0 Å². The summed E-state index contributed by atoms with van der Waals surface area (Å²) in [5, 5.41) is 6.29. The van der Waals surface area contributed by atoms with Crippen molar-refractivity contribution < 1.29 is 4.79 Å². The van der Waals surface area contributed by atoms with Gasteiger partial charge in [0.2, 0.25) is 5.91 Å². The van der Waals surface area contributed by atoms with E-state index >= 15 is 0 Å². The van der Waals surface area contributed by atoms with E-state index in [1.807, 2.05) is 20.8 Å². The molecular weight excluding hydrogens is 338 g/mol. The molecular formula is C21H35N5O. The lowest BCUT2D eigenvalue weighted by molar-refractivity contribution is -0.128. The predicted octanol–water partition coefficient (Wildman–Crippen LogP) is 2.16. The molecule has 1 fully saturated rings. The molecule has 1 aliphatic heterocycles. The number of hydrogen-bond acceptors (Lipinski definition) is 3. The Kier molecular flexibility index (Phi) is 7.11. The third-order valence-corrected chi connectivity index (χ3v) is 5.35. The van der Waals surface area contributed by atoms with Crippen LogP contribution in [0.1, 0.15) is 31.9 Å². The summed E-state index contributed by atoms with van der Waals surface area (Å²) in [4.78, 5) is 21.3. The molecule has 0 bridgehead atoms. The van der Waals surface area contributed by atoms with Gasteiger partial charge in [0.1, 0.15) is 0 Å². The minimum Gasteiger partial charge on any atom is -0.368 e. The van der Waals surface area contributed by atoms with Crippen molar-refractivity contribution in [2.24, 2.45) is 10.4 Å². The van der Waals surface area contributed by atoms with Crippen molar-refractivity contribution in [3.63, 3.8) is 0 Å². The Labute approximate surface area is 164 Å². The number of anilines is 1. The Hall–Kier alpha value is -2.24. The van der Waals surface area contributed by atoms with Gasteiger partial charge in [0.15, 0.2) is 5.96 Å². The normalized spacial score (nSPS) is 15.7. The van der Waals surface area contributed by atoms with Crippen molar-refractivity contribution in [3.8, 4) is 0 Å². The van der Waals surface area contributed by atoms with E-state index in [9.17, 15) is 4.79 Å². The van der Waals surface area contributed by atoms with Crippen molar-refractivity contribution >= 4 is 17.6 Å². The molecule has 0 saturated carbocycles. The lowest BCUT2D eigenvalue weighted by Crippen LogP contribution is -2.54. The Morgan fingerprint density at radius 1 is 1.15 bits per heavy atom. The van der Waals surface area contributed by atoms with E-state index in [-0.39, 0.29) is 5.91 Å². The summed E-state index contributed by atoms with van der Waals surface area (Å²) in [5.41, 5.74) is 3.54. The number of aliphatic imine (C=N–C) groups is 1. The van der Waals surface area contributed by atoms with Crippen LogP contribution in [0.25, 0.3) is 0 Å². The Bertz CT molecular complexity index is 675. The van der Waals surface area contributed by atoms with Gasteiger partial charge in [-0.05, 0) is 51.8 Å². The largest absolute Gasteiger partial charge is 0.368 e. The first kappa shape index (κ1) is 21.1. The van der Waals surface area contributed by atoms with Crippen LogP contribution in [0.5, 0.6) is 0 Å². The van der Waals surface area contributed by atoms with Crippen molar-refractivity contribution in [1.29, 1.82) is 0 Å². The molecule has 150 valence electrons. The van der Waals surface area contributed by atoms with Crippen LogP contribution in [-0.2, 0) is 4.79 Å². The van der Waals surface area contributed by atoms with Crippen LogP contribution in [0.4, 0.5) is 5.69 Å². The number of amides is 1. The molecule has 0 aromatic heterocycles. The highest BCUT2D eigenvalue weighted by molar-refractivity contribution is 5.84. The van der Waals surface area contributed by atoms with E-state index in [0.717, 1.165) is 32.1 Å². The van der Waals surface area contributed by atoms with E-state index in [1.165, 1.54) is 16.8 Å². The fourth-order valence-electron chi connectivity index (χ4n) is 3.35. The smallest absolute Gasteiger partial charge is 0.227 e. The molecule has 1 aromatic rings. The zero-order chi connectivity index (χ0) is 20.0. The van der Waals surface area contributed by atoms with E-state index in [0.29, 0.717) is 13.1 Å². The summed E-state index contributed by atoms with van der Waals surface area (Å²) in [7, 11) is 1.80. The van der Waals surface area contributed by atoms with E-state index in [4.69, 9.17) is 0 Å². The fraction of sp³-hybridized carbons (Fsp3) is 0.619. The predicted molar refractivity (Wildman–Crippen MR) is 114 cm³/mol. The molecule has 2 N–H and O–H groups in total. The van der Waals surface area contributed by atoms with Crippen LogP contribution >= 0.6 is 0 Å². The third-order valence-electron chi connectivity index (χ3n) is 5.35. The number of carbonyl (C=O) groups is 1. The molecule has 1 heterocycles. The molecule has 0 aliphatic carbocycles. The molecule has 1 aliphatic rings. The molecule has 27 heavy (non-hydrogen) atoms. The van der Waals surface area contributed by atoms with Crippen LogP contribution in [0.3, 0.4) is 0 Å². The second kappa shape index (κ2) is 9.11. The van der Waals surface area contributed by atoms with Gasteiger partial charge < -0.3 is 20.4 Å². The third kappa shape index (κ3) is 5.15. The zero-order valence-corrected chi connectivity index (χ0v) is 17.7. The van der Waals surface area contributed by atoms with E-state index in [1.54, 1.807) is 7.05 Å². The molecule has 0 unspecified atom stereocenters. The number of guanidine groups is 1. The van der Waals surface area contributed by atoms with Crippen LogP contribution < -0.4 is 15.5 Å².